The summed E-state index contributed by atoms with van der Waals surface area (Å²) in [5, 5.41) is 1.17. The molecule has 0 saturated heterocycles. The topological polar surface area (TPSA) is 61.2 Å². The zero-order chi connectivity index (χ0) is 28.7. The quantitative estimate of drug-likeness (QED) is 0.185. The summed E-state index contributed by atoms with van der Waals surface area (Å²) in [5.41, 5.74) is 4.52. The molecular formula is C37H34N2O3. The summed E-state index contributed by atoms with van der Waals surface area (Å²) in [5.74, 6) is 0.922. The SMILES string of the molecule is Cc1cn(CC2CCCC2)c2cc(C3(Cc4ccncc4)C(=O)c4ccc(OCc5ccccc5)cc4C3=O)ccc12. The van der Waals surface area contributed by atoms with Crippen molar-refractivity contribution in [2.75, 3.05) is 0 Å². The molecule has 7 rings (SSSR count). The Labute approximate surface area is 246 Å². The maximum Gasteiger partial charge on any atom is 0.182 e. The molecule has 0 bridgehead atoms. The summed E-state index contributed by atoms with van der Waals surface area (Å²) in [6.45, 7) is 3.49. The fourth-order valence-electron chi connectivity index (χ4n) is 7.00. The summed E-state index contributed by atoms with van der Waals surface area (Å²) >= 11 is 0. The van der Waals surface area contributed by atoms with Crippen LogP contribution in [0.3, 0.4) is 0 Å². The number of ether oxygens (including phenoxy) is 1. The summed E-state index contributed by atoms with van der Waals surface area (Å²) in [7, 11) is 0. The van der Waals surface area contributed by atoms with Crippen LogP contribution in [0.5, 0.6) is 5.75 Å². The standard InChI is InChI=1S/C37H34N2O3/c1-25-22-39(23-27-7-5-6-8-27)34-19-29(11-13-31(25)34)37(21-26-15-17-38-18-16-26)35(40)32-14-12-30(20-33(32)36(37)41)42-24-28-9-3-2-4-10-28/h2-4,9-20,22,27H,5-8,21,23-24H2,1H3. The van der Waals surface area contributed by atoms with Crippen molar-refractivity contribution in [1.29, 1.82) is 0 Å². The van der Waals surface area contributed by atoms with E-state index >= 15 is 0 Å². The van der Waals surface area contributed by atoms with E-state index in [1.54, 1.807) is 30.6 Å². The van der Waals surface area contributed by atoms with E-state index in [2.05, 4.69) is 34.8 Å². The second-order valence-electron chi connectivity index (χ2n) is 11.9. The molecule has 2 aliphatic rings. The first-order valence-corrected chi connectivity index (χ1v) is 14.9. The highest BCUT2D eigenvalue weighted by atomic mass is 16.5. The Kier molecular flexibility index (Phi) is 6.73. The number of aromatic nitrogens is 2. The summed E-state index contributed by atoms with van der Waals surface area (Å²) in [6.07, 6.45) is 11.0. The van der Waals surface area contributed by atoms with Crippen LogP contribution < -0.4 is 4.74 Å². The zero-order valence-corrected chi connectivity index (χ0v) is 23.9. The van der Waals surface area contributed by atoms with Gasteiger partial charge in [0.1, 0.15) is 17.8 Å². The molecule has 210 valence electrons. The maximum absolute atomic E-state index is 14.6. The van der Waals surface area contributed by atoms with Gasteiger partial charge in [-0.05, 0) is 90.8 Å². The van der Waals surface area contributed by atoms with Crippen LogP contribution in [0.2, 0.25) is 0 Å². The number of hydrogen-bond acceptors (Lipinski definition) is 4. The van der Waals surface area contributed by atoms with Gasteiger partial charge in [-0.3, -0.25) is 14.6 Å². The van der Waals surface area contributed by atoms with Crippen LogP contribution >= 0.6 is 0 Å². The lowest BCUT2D eigenvalue weighted by molar-refractivity contribution is 0.0793. The van der Waals surface area contributed by atoms with Crippen molar-refractivity contribution < 1.29 is 14.3 Å². The van der Waals surface area contributed by atoms with Gasteiger partial charge < -0.3 is 9.30 Å². The minimum atomic E-state index is -1.35. The highest BCUT2D eigenvalue weighted by Crippen LogP contribution is 2.44. The second kappa shape index (κ2) is 10.7. The van der Waals surface area contributed by atoms with Crippen molar-refractivity contribution in [3.05, 3.63) is 131 Å². The molecule has 0 N–H and O–H groups in total. The number of rotatable bonds is 8. The van der Waals surface area contributed by atoms with Gasteiger partial charge in [-0.15, -0.1) is 0 Å². The van der Waals surface area contributed by atoms with E-state index in [-0.39, 0.29) is 18.0 Å². The second-order valence-corrected chi connectivity index (χ2v) is 11.9. The van der Waals surface area contributed by atoms with Gasteiger partial charge in [0.15, 0.2) is 11.6 Å². The molecule has 2 aromatic heterocycles. The van der Waals surface area contributed by atoms with Crippen LogP contribution in [-0.2, 0) is 25.0 Å². The number of fused-ring (bicyclic) bond motifs is 2. The van der Waals surface area contributed by atoms with Crippen molar-refractivity contribution in [2.24, 2.45) is 5.92 Å². The van der Waals surface area contributed by atoms with Gasteiger partial charge in [0.05, 0.1) is 0 Å². The third-order valence-corrected chi connectivity index (χ3v) is 9.23. The Morgan fingerprint density at radius 1 is 0.857 bits per heavy atom. The fraction of sp³-hybridized carbons (Fsp3) is 0.270. The van der Waals surface area contributed by atoms with Crippen LogP contribution in [0.1, 0.15) is 68.7 Å². The van der Waals surface area contributed by atoms with Gasteiger partial charge >= 0.3 is 0 Å². The van der Waals surface area contributed by atoms with E-state index in [1.165, 1.54) is 36.6 Å². The zero-order valence-electron chi connectivity index (χ0n) is 23.9. The number of Topliss-reactive ketones (excluding diaryl/α,β-unsaturated/α-hetero) is 2. The van der Waals surface area contributed by atoms with E-state index < -0.39 is 5.41 Å². The van der Waals surface area contributed by atoms with Crippen molar-refractivity contribution in [3.8, 4) is 5.75 Å². The van der Waals surface area contributed by atoms with Gasteiger partial charge in [0.25, 0.3) is 0 Å². The minimum Gasteiger partial charge on any atom is -0.489 e. The number of benzene rings is 3. The van der Waals surface area contributed by atoms with Crippen LogP contribution in [-0.4, -0.2) is 21.1 Å². The van der Waals surface area contributed by atoms with E-state index in [1.807, 2.05) is 48.5 Å². The van der Waals surface area contributed by atoms with Gasteiger partial charge in [0.2, 0.25) is 0 Å². The molecule has 1 fully saturated rings. The number of ketones is 2. The molecule has 2 aliphatic carbocycles. The van der Waals surface area contributed by atoms with E-state index in [0.717, 1.165) is 28.8 Å². The van der Waals surface area contributed by atoms with Gasteiger partial charge in [-0.1, -0.05) is 55.3 Å². The summed E-state index contributed by atoms with van der Waals surface area (Å²) in [6, 6.07) is 25.2. The van der Waals surface area contributed by atoms with Crippen molar-refractivity contribution in [3.63, 3.8) is 0 Å². The average Bonchev–Trinajstić information content (AvgIpc) is 3.71. The fourth-order valence-corrected chi connectivity index (χ4v) is 7.00. The van der Waals surface area contributed by atoms with Crippen LogP contribution in [0, 0.1) is 12.8 Å². The third-order valence-electron chi connectivity index (χ3n) is 9.23. The van der Waals surface area contributed by atoms with E-state index in [0.29, 0.717) is 29.4 Å². The normalized spacial score (nSPS) is 18.6. The molecule has 2 heterocycles. The first-order valence-electron chi connectivity index (χ1n) is 14.9. The predicted molar refractivity (Wildman–Crippen MR) is 164 cm³/mol. The van der Waals surface area contributed by atoms with Crippen molar-refractivity contribution in [2.45, 2.75) is 57.6 Å². The third kappa shape index (κ3) is 4.53. The Balaban J connectivity index is 1.31. The largest absolute Gasteiger partial charge is 0.489 e. The molecule has 1 saturated carbocycles. The van der Waals surface area contributed by atoms with E-state index in [4.69, 9.17) is 4.74 Å². The molecule has 1 atom stereocenters. The van der Waals surface area contributed by atoms with E-state index in [9.17, 15) is 9.59 Å². The molecule has 0 radical (unpaired) electrons. The summed E-state index contributed by atoms with van der Waals surface area (Å²) < 4.78 is 8.40. The molecule has 5 aromatic rings. The number of aryl methyl sites for hydroxylation is 1. The Bertz CT molecular complexity index is 1780. The molecule has 0 spiro atoms. The minimum absolute atomic E-state index is 0.154. The molecule has 0 aliphatic heterocycles. The Morgan fingerprint density at radius 2 is 1.62 bits per heavy atom. The lowest BCUT2D eigenvalue weighted by atomic mass is 9.71. The molecular weight excluding hydrogens is 520 g/mol. The first kappa shape index (κ1) is 26.4. The molecule has 5 nitrogen and oxygen atoms in total. The smallest absolute Gasteiger partial charge is 0.182 e. The number of hydrogen-bond donors (Lipinski definition) is 0. The van der Waals surface area contributed by atoms with Crippen molar-refractivity contribution >= 4 is 22.5 Å². The van der Waals surface area contributed by atoms with Gasteiger partial charge in [-0.25, -0.2) is 0 Å². The monoisotopic (exact) mass is 554 g/mol. The molecule has 1 unspecified atom stereocenters. The lowest BCUT2D eigenvalue weighted by Gasteiger charge is -2.27. The van der Waals surface area contributed by atoms with Gasteiger partial charge in [-0.2, -0.15) is 0 Å². The van der Waals surface area contributed by atoms with Crippen LogP contribution in [0.15, 0.2) is 97.5 Å². The maximum atomic E-state index is 14.6. The Hall–Kier alpha value is -4.51. The van der Waals surface area contributed by atoms with Crippen molar-refractivity contribution in [1.82, 2.24) is 9.55 Å². The molecule has 3 aromatic carbocycles. The van der Waals surface area contributed by atoms with Crippen LogP contribution in [0.25, 0.3) is 10.9 Å². The molecule has 0 amide bonds. The number of nitrogens with zero attached hydrogens (tertiary/aromatic N) is 2. The highest BCUT2D eigenvalue weighted by molar-refractivity contribution is 6.33. The molecule has 5 heteroatoms. The predicted octanol–water partition coefficient (Wildman–Crippen LogP) is 7.67. The van der Waals surface area contributed by atoms with Crippen LogP contribution in [0.4, 0.5) is 0 Å². The highest BCUT2D eigenvalue weighted by Gasteiger charge is 2.54. The first-order chi connectivity index (χ1) is 20.5. The lowest BCUT2D eigenvalue weighted by Crippen LogP contribution is -2.40. The number of pyridine rings is 1. The number of carbonyl (C=O) groups excluding carboxylic acids is 2. The Morgan fingerprint density at radius 3 is 2.40 bits per heavy atom. The number of carbonyl (C=O) groups is 2. The molecule has 42 heavy (non-hydrogen) atoms. The summed E-state index contributed by atoms with van der Waals surface area (Å²) in [4.78, 5) is 33.2. The van der Waals surface area contributed by atoms with Gasteiger partial charge in [0, 0.05) is 47.2 Å². The average molecular weight is 555 g/mol.